The van der Waals surface area contributed by atoms with E-state index in [2.05, 4.69) is 37.4 Å². The first-order chi connectivity index (χ1) is 21.1. The van der Waals surface area contributed by atoms with Gasteiger partial charge < -0.3 is 39.6 Å². The van der Waals surface area contributed by atoms with E-state index in [9.17, 15) is 4.79 Å². The maximum absolute atomic E-state index is 11.6. The van der Waals surface area contributed by atoms with Crippen LogP contribution in [0.4, 0.5) is 5.82 Å². The number of fused-ring (bicyclic) bond motifs is 1. The lowest BCUT2D eigenvalue weighted by molar-refractivity contribution is -0.143. The number of aliphatic hydroxyl groups is 2. The number of rotatable bonds is 13. The highest BCUT2D eigenvalue weighted by Crippen LogP contribution is 2.38. The molecule has 3 aromatic rings. The number of nitrogens with zero attached hydrogens (tertiary/aromatic N) is 3. The maximum Gasteiger partial charge on any atom is 0.305 e. The van der Waals surface area contributed by atoms with Crippen molar-refractivity contribution in [1.29, 1.82) is 0 Å². The van der Waals surface area contributed by atoms with Crippen molar-refractivity contribution >= 4 is 22.8 Å². The number of hydrogen-bond acceptors (Lipinski definition) is 10. The van der Waals surface area contributed by atoms with Gasteiger partial charge in [0.25, 0.3) is 0 Å². The van der Waals surface area contributed by atoms with Crippen LogP contribution in [0, 0.1) is 11.8 Å². The van der Waals surface area contributed by atoms with Gasteiger partial charge in [0.2, 0.25) is 0 Å². The average Bonchev–Trinajstić information content (AvgIpc) is 3.61. The zero-order chi connectivity index (χ0) is 31.7. The third-order valence-electron chi connectivity index (χ3n) is 8.35. The minimum atomic E-state index is -1.50. The Labute approximate surface area is 260 Å². The Kier molecular flexibility index (Phi) is 11.8. The lowest BCUT2D eigenvalue weighted by Crippen LogP contribution is -2.43. The van der Waals surface area contributed by atoms with E-state index in [-0.39, 0.29) is 5.97 Å². The van der Waals surface area contributed by atoms with Gasteiger partial charge in [0.05, 0.1) is 26.2 Å². The molecule has 1 aromatic carbocycles. The van der Waals surface area contributed by atoms with E-state index >= 15 is 0 Å². The molecule has 0 saturated heterocycles. The van der Waals surface area contributed by atoms with Crippen molar-refractivity contribution in [3.63, 3.8) is 0 Å². The molecule has 0 amide bonds. The van der Waals surface area contributed by atoms with Crippen LogP contribution in [0.3, 0.4) is 0 Å². The molecule has 2 heterocycles. The number of hydrogen-bond donors (Lipinski definition) is 4. The minimum Gasteiger partial charge on any atom is -0.497 e. The predicted octanol–water partition coefficient (Wildman–Crippen LogP) is 4.82. The molecule has 242 valence electrons. The molecule has 2 saturated carbocycles. The van der Waals surface area contributed by atoms with Gasteiger partial charge in [-0.2, -0.15) is 0 Å². The monoisotopic (exact) mass is 611 g/mol. The highest BCUT2D eigenvalue weighted by atomic mass is 16.5. The van der Waals surface area contributed by atoms with E-state index in [0.29, 0.717) is 43.5 Å². The summed E-state index contributed by atoms with van der Waals surface area (Å²) in [5.41, 5.74) is 2.02. The number of benzene rings is 1. The van der Waals surface area contributed by atoms with Gasteiger partial charge >= 0.3 is 5.97 Å². The number of carbonyl (C=O) groups excluding carboxylic acids is 1. The van der Waals surface area contributed by atoms with Crippen molar-refractivity contribution in [3.05, 3.63) is 42.4 Å². The molecule has 11 heteroatoms. The fourth-order valence-corrected chi connectivity index (χ4v) is 6.10. The van der Waals surface area contributed by atoms with Crippen LogP contribution >= 0.6 is 0 Å². The van der Waals surface area contributed by atoms with E-state index in [1.165, 1.54) is 39.5 Å². The average molecular weight is 612 g/mol. The summed E-state index contributed by atoms with van der Waals surface area (Å²) in [4.78, 5) is 20.8. The number of methoxy groups -OCH3 is 2. The van der Waals surface area contributed by atoms with Crippen LogP contribution in [0.5, 0.6) is 11.5 Å². The van der Waals surface area contributed by atoms with Gasteiger partial charge in [0.1, 0.15) is 29.3 Å². The molecule has 0 radical (unpaired) electrons. The first-order valence-corrected chi connectivity index (χ1v) is 15.7. The highest BCUT2D eigenvalue weighted by molar-refractivity contribution is 5.87. The van der Waals surface area contributed by atoms with Gasteiger partial charge in [-0.1, -0.05) is 0 Å². The highest BCUT2D eigenvalue weighted by Gasteiger charge is 2.32. The first-order valence-electron chi connectivity index (χ1n) is 15.7. The second kappa shape index (κ2) is 15.5. The zero-order valence-corrected chi connectivity index (χ0v) is 26.7. The quantitative estimate of drug-likeness (QED) is 0.157. The summed E-state index contributed by atoms with van der Waals surface area (Å²) in [6.07, 6.45) is 11.2. The molecule has 44 heavy (non-hydrogen) atoms. The number of ether oxygens (including phenoxy) is 3. The topological polar surface area (TPSA) is 140 Å². The van der Waals surface area contributed by atoms with Crippen LogP contribution in [0.25, 0.3) is 11.0 Å². The molecule has 2 unspecified atom stereocenters. The Morgan fingerprint density at radius 3 is 2.55 bits per heavy atom. The second-order valence-corrected chi connectivity index (χ2v) is 12.3. The molecule has 2 fully saturated rings. The molecule has 2 aliphatic rings. The van der Waals surface area contributed by atoms with Crippen LogP contribution in [0.15, 0.2) is 36.8 Å². The van der Waals surface area contributed by atoms with Gasteiger partial charge in [-0.05, 0) is 95.9 Å². The van der Waals surface area contributed by atoms with Gasteiger partial charge in [-0.25, -0.2) is 9.97 Å². The van der Waals surface area contributed by atoms with Gasteiger partial charge in [-0.15, -0.1) is 0 Å². The van der Waals surface area contributed by atoms with Crippen LogP contribution in [0.1, 0.15) is 77.3 Å². The van der Waals surface area contributed by atoms with Crippen molar-refractivity contribution in [1.82, 2.24) is 19.9 Å². The molecule has 11 nitrogen and oxygen atoms in total. The van der Waals surface area contributed by atoms with E-state index in [4.69, 9.17) is 24.4 Å². The molecule has 4 N–H and O–H groups in total. The fraction of sp³-hybridized carbons (Fsp3) is 0.606. The molecule has 0 aliphatic heterocycles. The zero-order valence-electron chi connectivity index (χ0n) is 26.7. The number of carbonyl (C=O) groups is 1. The van der Waals surface area contributed by atoms with Crippen molar-refractivity contribution in [2.75, 3.05) is 32.7 Å². The first kappa shape index (κ1) is 33.5. The molecule has 0 bridgehead atoms. The molecule has 5 rings (SSSR count). The van der Waals surface area contributed by atoms with Crippen molar-refractivity contribution in [2.24, 2.45) is 11.8 Å². The van der Waals surface area contributed by atoms with Crippen molar-refractivity contribution < 1.29 is 29.2 Å². The van der Waals surface area contributed by atoms with E-state index in [1.807, 2.05) is 25.1 Å². The predicted molar refractivity (Wildman–Crippen MR) is 170 cm³/mol. The van der Waals surface area contributed by atoms with Crippen molar-refractivity contribution in [3.8, 4) is 11.5 Å². The summed E-state index contributed by atoms with van der Waals surface area (Å²) in [5.74, 6) is 2.15. The van der Waals surface area contributed by atoms with E-state index in [1.54, 1.807) is 20.5 Å². The summed E-state index contributed by atoms with van der Waals surface area (Å²) in [6, 6.07) is 9.01. The summed E-state index contributed by atoms with van der Waals surface area (Å²) < 4.78 is 18.2. The molecule has 0 spiro atoms. The number of esters is 1. The standard InChI is InChI=1S/C30H41N5O4.C3H8O2/c1-4-39-28(36)10-6-20-13-23(14-20)31-17-21-5-8-24(15-21)35-12-11-26-29(33-19-34-30(26)35)32-18-22-7-9-25(37-2)16-27(22)38-3;1-3(2,4)5/h7,9,11-12,16,19-21,23-24,31H,4-6,8,10,13-15,17-18H2,1-3H3,(H,32,33,34);4-5H,1-2H3. The molecule has 2 atom stereocenters. The van der Waals surface area contributed by atoms with E-state index < -0.39 is 5.79 Å². The number of anilines is 1. The number of aromatic nitrogens is 3. The minimum absolute atomic E-state index is 0.0610. The Morgan fingerprint density at radius 2 is 1.84 bits per heavy atom. The fourth-order valence-electron chi connectivity index (χ4n) is 6.10. The van der Waals surface area contributed by atoms with Gasteiger partial charge in [0, 0.05) is 42.9 Å². The second-order valence-electron chi connectivity index (χ2n) is 12.3. The Morgan fingerprint density at radius 1 is 1.07 bits per heavy atom. The number of nitrogens with one attached hydrogen (secondary N) is 2. The Bertz CT molecular complexity index is 1340. The summed E-state index contributed by atoms with van der Waals surface area (Å²) in [6.45, 7) is 6.59. The van der Waals surface area contributed by atoms with Crippen molar-refractivity contribution in [2.45, 2.75) is 90.1 Å². The summed E-state index contributed by atoms with van der Waals surface area (Å²) in [5, 5.41) is 24.5. The largest absolute Gasteiger partial charge is 0.497 e. The lowest BCUT2D eigenvalue weighted by atomic mass is 9.77. The van der Waals surface area contributed by atoms with Crippen LogP contribution in [-0.4, -0.2) is 69.9 Å². The SMILES string of the molecule is CC(C)(O)O.CCOC(=O)CCC1CC(NCC2CCC(n3ccc4c(NCc5ccc(OC)cc5OC)ncnc43)C2)C1. The lowest BCUT2D eigenvalue weighted by Gasteiger charge is -2.36. The Balaban J connectivity index is 0.000000818. The Hall–Kier alpha value is -3.41. The third kappa shape index (κ3) is 9.54. The maximum atomic E-state index is 11.6. The molecule has 2 aromatic heterocycles. The van der Waals surface area contributed by atoms with Crippen LogP contribution in [-0.2, 0) is 16.1 Å². The van der Waals surface area contributed by atoms with E-state index in [0.717, 1.165) is 53.3 Å². The summed E-state index contributed by atoms with van der Waals surface area (Å²) in [7, 11) is 3.32. The summed E-state index contributed by atoms with van der Waals surface area (Å²) >= 11 is 0. The third-order valence-corrected chi connectivity index (χ3v) is 8.35. The smallest absolute Gasteiger partial charge is 0.305 e. The van der Waals surface area contributed by atoms with Gasteiger partial charge in [-0.3, -0.25) is 4.79 Å². The van der Waals surface area contributed by atoms with Crippen LogP contribution in [0.2, 0.25) is 0 Å². The van der Waals surface area contributed by atoms with Crippen LogP contribution < -0.4 is 20.1 Å². The molecule has 2 aliphatic carbocycles. The molecular weight excluding hydrogens is 562 g/mol. The molecular formula is C33H49N5O6. The normalized spacial score (nSPS) is 21.2. The van der Waals surface area contributed by atoms with Gasteiger partial charge in [0.15, 0.2) is 5.79 Å².